The molecule has 1 heterocycles. The molecule has 1 fully saturated rings. The fraction of sp³-hybridized carbons (Fsp3) is 0.800. The first-order chi connectivity index (χ1) is 10.7. The Labute approximate surface area is 137 Å². The normalized spacial score (nSPS) is 29.7. The summed E-state index contributed by atoms with van der Waals surface area (Å²) < 4.78 is 45.2. The number of ether oxygens (including phenoxy) is 3. The Balaban J connectivity index is 2.30. The number of hydrogen-bond donors (Lipinski definition) is 0. The van der Waals surface area contributed by atoms with Crippen LogP contribution in [0, 0.1) is 0 Å². The predicted molar refractivity (Wildman–Crippen MR) is 82.1 cm³/mol. The third kappa shape index (κ3) is 4.12. The third-order valence-electron chi connectivity index (χ3n) is 4.09. The van der Waals surface area contributed by atoms with E-state index in [2.05, 4.69) is 0 Å². The number of carbonyl (C=O) groups excluding carboxylic acids is 1. The maximum atomic E-state index is 12.0. The highest BCUT2D eigenvalue weighted by Gasteiger charge is 2.51. The molecule has 0 saturated carbocycles. The average molecular weight is 348 g/mol. The molecule has 0 aromatic heterocycles. The Kier molecular flexibility index (Phi) is 5.50. The molecule has 0 aromatic rings. The number of fused-ring (bicyclic) bond motifs is 1. The van der Waals surface area contributed by atoms with E-state index >= 15 is 0 Å². The van der Waals surface area contributed by atoms with Crippen molar-refractivity contribution in [3.63, 3.8) is 0 Å². The zero-order valence-corrected chi connectivity index (χ0v) is 14.7. The fourth-order valence-corrected chi connectivity index (χ4v) is 3.57. The third-order valence-corrected chi connectivity index (χ3v) is 4.69. The van der Waals surface area contributed by atoms with Gasteiger partial charge in [-0.05, 0) is 25.8 Å². The van der Waals surface area contributed by atoms with Crippen LogP contribution in [-0.2, 0) is 33.3 Å². The standard InChI is InChI=1S/C15H24O7S/c1-5-15(6-2)20-11-8-10(14(16)19-7-3)9-12(13(11)21-15)22-23(4,17)18/h8,11-13H,5-7,9H2,1-4H3/t11-,12-,13?/m1/s1. The van der Waals surface area contributed by atoms with Crippen molar-refractivity contribution in [2.45, 2.75) is 64.1 Å². The van der Waals surface area contributed by atoms with E-state index < -0.39 is 40.2 Å². The molecule has 23 heavy (non-hydrogen) atoms. The number of esters is 1. The lowest BCUT2D eigenvalue weighted by atomic mass is 9.92. The van der Waals surface area contributed by atoms with E-state index in [0.29, 0.717) is 18.4 Å². The van der Waals surface area contributed by atoms with E-state index in [1.54, 1.807) is 13.0 Å². The first kappa shape index (κ1) is 18.4. The quantitative estimate of drug-likeness (QED) is 0.531. The van der Waals surface area contributed by atoms with Gasteiger partial charge in [-0.25, -0.2) is 4.79 Å². The van der Waals surface area contributed by atoms with Gasteiger partial charge in [0, 0.05) is 12.0 Å². The molecule has 7 nitrogen and oxygen atoms in total. The molecule has 2 rings (SSSR count). The van der Waals surface area contributed by atoms with Gasteiger partial charge in [0.1, 0.15) is 18.3 Å². The van der Waals surface area contributed by atoms with E-state index in [1.807, 2.05) is 13.8 Å². The monoisotopic (exact) mass is 348 g/mol. The van der Waals surface area contributed by atoms with Crippen LogP contribution in [0.1, 0.15) is 40.0 Å². The van der Waals surface area contributed by atoms with E-state index in [0.717, 1.165) is 6.26 Å². The van der Waals surface area contributed by atoms with Gasteiger partial charge in [0.15, 0.2) is 5.79 Å². The second-order valence-corrected chi connectivity index (χ2v) is 7.34. The van der Waals surface area contributed by atoms with Crippen LogP contribution < -0.4 is 0 Å². The predicted octanol–water partition coefficient (Wildman–Crippen LogP) is 1.52. The van der Waals surface area contributed by atoms with Gasteiger partial charge in [-0.15, -0.1) is 0 Å². The van der Waals surface area contributed by atoms with Crippen LogP contribution in [0.5, 0.6) is 0 Å². The van der Waals surface area contributed by atoms with Crippen molar-refractivity contribution < 1.29 is 31.6 Å². The van der Waals surface area contributed by atoms with E-state index in [-0.39, 0.29) is 13.0 Å². The van der Waals surface area contributed by atoms with Gasteiger partial charge in [-0.3, -0.25) is 4.18 Å². The molecule has 2 aliphatic rings. The van der Waals surface area contributed by atoms with E-state index in [1.165, 1.54) is 0 Å². The van der Waals surface area contributed by atoms with Crippen molar-refractivity contribution >= 4 is 16.1 Å². The first-order valence-electron chi connectivity index (χ1n) is 7.85. The van der Waals surface area contributed by atoms with E-state index in [4.69, 9.17) is 18.4 Å². The lowest BCUT2D eigenvalue weighted by Crippen LogP contribution is -2.42. The highest BCUT2D eigenvalue weighted by Crippen LogP contribution is 2.41. The largest absolute Gasteiger partial charge is 0.463 e. The van der Waals surface area contributed by atoms with Gasteiger partial charge < -0.3 is 14.2 Å². The van der Waals surface area contributed by atoms with Crippen LogP contribution in [0.15, 0.2) is 11.6 Å². The summed E-state index contributed by atoms with van der Waals surface area (Å²) in [5.74, 6) is -1.27. The summed E-state index contributed by atoms with van der Waals surface area (Å²) in [6, 6.07) is 0. The molecule has 0 spiro atoms. The first-order valence-corrected chi connectivity index (χ1v) is 9.67. The molecule has 1 aliphatic carbocycles. The minimum Gasteiger partial charge on any atom is -0.463 e. The summed E-state index contributed by atoms with van der Waals surface area (Å²) >= 11 is 0. The molecule has 3 atom stereocenters. The average Bonchev–Trinajstić information content (AvgIpc) is 2.85. The number of carbonyl (C=O) groups is 1. The van der Waals surface area contributed by atoms with Crippen LogP contribution in [-0.4, -0.2) is 51.3 Å². The molecule has 8 heteroatoms. The zero-order chi connectivity index (χ0) is 17.3. The van der Waals surface area contributed by atoms with Crippen molar-refractivity contribution in [1.29, 1.82) is 0 Å². The minimum atomic E-state index is -3.69. The van der Waals surface area contributed by atoms with Gasteiger partial charge >= 0.3 is 5.97 Å². The highest BCUT2D eigenvalue weighted by atomic mass is 32.2. The Hall–Kier alpha value is -0.960. The van der Waals surface area contributed by atoms with Gasteiger partial charge in [-0.2, -0.15) is 8.42 Å². The summed E-state index contributed by atoms with van der Waals surface area (Å²) in [7, 11) is -3.69. The summed E-state index contributed by atoms with van der Waals surface area (Å²) in [5, 5.41) is 0. The van der Waals surface area contributed by atoms with Crippen molar-refractivity contribution in [1.82, 2.24) is 0 Å². The Morgan fingerprint density at radius 2 is 1.96 bits per heavy atom. The number of hydrogen-bond acceptors (Lipinski definition) is 7. The summed E-state index contributed by atoms with van der Waals surface area (Å²) in [6.07, 6.45) is 2.08. The van der Waals surface area contributed by atoms with Gasteiger partial charge in [0.2, 0.25) is 0 Å². The lowest BCUT2D eigenvalue weighted by Gasteiger charge is -2.29. The van der Waals surface area contributed by atoms with Crippen LogP contribution in [0.4, 0.5) is 0 Å². The zero-order valence-electron chi connectivity index (χ0n) is 13.9. The van der Waals surface area contributed by atoms with Crippen molar-refractivity contribution in [2.75, 3.05) is 12.9 Å². The Bertz CT molecular complexity index is 577. The van der Waals surface area contributed by atoms with Gasteiger partial charge in [-0.1, -0.05) is 13.8 Å². The smallest absolute Gasteiger partial charge is 0.333 e. The SMILES string of the molecule is CCOC(=O)C1=C[C@H]2OC(CC)(CC)OC2[C@H](OS(C)(=O)=O)C1. The molecule has 0 aromatic carbocycles. The van der Waals surface area contributed by atoms with Crippen LogP contribution in [0.3, 0.4) is 0 Å². The second-order valence-electron chi connectivity index (χ2n) is 5.74. The van der Waals surface area contributed by atoms with Crippen molar-refractivity contribution in [3.8, 4) is 0 Å². The summed E-state index contributed by atoms with van der Waals surface area (Å²) in [5.41, 5.74) is 0.355. The molecule has 1 unspecified atom stereocenters. The Morgan fingerprint density at radius 1 is 1.30 bits per heavy atom. The van der Waals surface area contributed by atoms with Crippen LogP contribution in [0.25, 0.3) is 0 Å². The lowest BCUT2D eigenvalue weighted by molar-refractivity contribution is -0.182. The van der Waals surface area contributed by atoms with E-state index in [9.17, 15) is 13.2 Å². The molecule has 132 valence electrons. The van der Waals surface area contributed by atoms with Gasteiger partial charge in [0.05, 0.1) is 12.9 Å². The van der Waals surface area contributed by atoms with Crippen molar-refractivity contribution in [2.24, 2.45) is 0 Å². The topological polar surface area (TPSA) is 88.1 Å². The molecule has 0 bridgehead atoms. The molecule has 1 aliphatic heterocycles. The molecule has 0 radical (unpaired) electrons. The minimum absolute atomic E-state index is 0.111. The Morgan fingerprint density at radius 3 is 2.48 bits per heavy atom. The molecule has 0 amide bonds. The van der Waals surface area contributed by atoms with Gasteiger partial charge in [0.25, 0.3) is 10.1 Å². The maximum absolute atomic E-state index is 12.0. The summed E-state index contributed by atoms with van der Waals surface area (Å²) in [6.45, 7) is 5.82. The second kappa shape index (κ2) is 6.88. The summed E-state index contributed by atoms with van der Waals surface area (Å²) in [4.78, 5) is 12.0. The van der Waals surface area contributed by atoms with Crippen LogP contribution in [0.2, 0.25) is 0 Å². The van der Waals surface area contributed by atoms with Crippen molar-refractivity contribution in [3.05, 3.63) is 11.6 Å². The fourth-order valence-electron chi connectivity index (χ4n) is 2.95. The van der Waals surface area contributed by atoms with Crippen LogP contribution >= 0.6 is 0 Å². The molecule has 1 saturated heterocycles. The molecular weight excluding hydrogens is 324 g/mol. The maximum Gasteiger partial charge on any atom is 0.333 e. The highest BCUT2D eigenvalue weighted by molar-refractivity contribution is 7.86. The molecular formula is C15H24O7S. The number of rotatable bonds is 6. The molecule has 0 N–H and O–H groups in total.